The molecule has 3 heteroatoms. The normalized spacial score (nSPS) is 20.4. The third kappa shape index (κ3) is 1.70. The fourth-order valence-electron chi connectivity index (χ4n) is 3.20. The number of hydrogen-bond acceptors (Lipinski definition) is 2. The fraction of sp³-hybridized carbons (Fsp3) is 0.467. The van der Waals surface area contributed by atoms with Gasteiger partial charge in [-0.25, -0.2) is 0 Å². The Bertz CT molecular complexity index is 580. The summed E-state index contributed by atoms with van der Waals surface area (Å²) in [4.78, 5) is 0. The summed E-state index contributed by atoms with van der Waals surface area (Å²) in [7, 11) is 2.11. The van der Waals surface area contributed by atoms with Crippen molar-refractivity contribution in [1.82, 2.24) is 9.88 Å². The molecule has 18 heavy (non-hydrogen) atoms. The highest BCUT2D eigenvalue weighted by atomic mass is 16.3. The van der Waals surface area contributed by atoms with Gasteiger partial charge in [0, 0.05) is 30.2 Å². The molecule has 96 valence electrons. The number of nitrogens with zero attached hydrogens (tertiary/aromatic N) is 1. The molecule has 3 nitrogen and oxygen atoms in total. The molecule has 0 saturated carbocycles. The van der Waals surface area contributed by atoms with Crippen LogP contribution in [-0.2, 0) is 7.05 Å². The van der Waals surface area contributed by atoms with E-state index in [1.54, 1.807) is 6.07 Å². The zero-order valence-electron chi connectivity index (χ0n) is 11.0. The second-order valence-corrected chi connectivity index (χ2v) is 5.30. The monoisotopic (exact) mass is 244 g/mol. The van der Waals surface area contributed by atoms with E-state index in [2.05, 4.69) is 23.9 Å². The van der Waals surface area contributed by atoms with E-state index in [0.717, 1.165) is 13.1 Å². The highest BCUT2D eigenvalue weighted by Crippen LogP contribution is 2.35. The maximum absolute atomic E-state index is 9.73. The van der Waals surface area contributed by atoms with Crippen molar-refractivity contribution in [1.29, 1.82) is 0 Å². The van der Waals surface area contributed by atoms with Crippen LogP contribution in [0.3, 0.4) is 0 Å². The molecule has 1 aliphatic rings. The Balaban J connectivity index is 2.20. The Hall–Kier alpha value is -1.48. The zero-order chi connectivity index (χ0) is 12.7. The number of piperidine rings is 1. The van der Waals surface area contributed by atoms with Gasteiger partial charge >= 0.3 is 0 Å². The number of phenolic OH excluding ortho intramolecular Hbond substituents is 1. The minimum absolute atomic E-state index is 0.359. The van der Waals surface area contributed by atoms with Crippen molar-refractivity contribution in [2.24, 2.45) is 7.05 Å². The number of rotatable bonds is 1. The molecule has 0 radical (unpaired) electrons. The summed E-state index contributed by atoms with van der Waals surface area (Å²) in [5, 5.41) is 14.4. The van der Waals surface area contributed by atoms with E-state index in [0.29, 0.717) is 11.7 Å². The van der Waals surface area contributed by atoms with Crippen molar-refractivity contribution in [2.45, 2.75) is 25.7 Å². The molecule has 1 aromatic heterocycles. The van der Waals surface area contributed by atoms with Gasteiger partial charge in [0.15, 0.2) is 0 Å². The van der Waals surface area contributed by atoms with E-state index >= 15 is 0 Å². The Kier molecular flexibility index (Phi) is 2.78. The minimum atomic E-state index is 0.359. The van der Waals surface area contributed by atoms with E-state index in [1.807, 2.05) is 12.1 Å². The van der Waals surface area contributed by atoms with Crippen LogP contribution in [0, 0.1) is 6.92 Å². The number of phenols is 1. The van der Waals surface area contributed by atoms with Crippen LogP contribution in [0.4, 0.5) is 0 Å². The Labute approximate surface area is 107 Å². The molecule has 2 heterocycles. The van der Waals surface area contributed by atoms with Crippen molar-refractivity contribution in [3.63, 3.8) is 0 Å². The zero-order valence-corrected chi connectivity index (χ0v) is 11.0. The Morgan fingerprint density at radius 1 is 1.39 bits per heavy atom. The maximum atomic E-state index is 9.73. The van der Waals surface area contributed by atoms with Crippen LogP contribution >= 0.6 is 0 Å². The van der Waals surface area contributed by atoms with Gasteiger partial charge < -0.3 is 15.0 Å². The minimum Gasteiger partial charge on any atom is -0.508 e. The van der Waals surface area contributed by atoms with Gasteiger partial charge in [-0.3, -0.25) is 0 Å². The number of aryl methyl sites for hydroxylation is 1. The van der Waals surface area contributed by atoms with Gasteiger partial charge in [-0.15, -0.1) is 0 Å². The summed E-state index contributed by atoms with van der Waals surface area (Å²) < 4.78 is 2.23. The number of aromatic nitrogens is 1. The van der Waals surface area contributed by atoms with E-state index in [9.17, 15) is 5.11 Å². The van der Waals surface area contributed by atoms with Crippen LogP contribution in [-0.4, -0.2) is 22.8 Å². The lowest BCUT2D eigenvalue weighted by Crippen LogP contribution is -2.28. The molecule has 1 unspecified atom stereocenters. The highest BCUT2D eigenvalue weighted by molar-refractivity contribution is 5.87. The first kappa shape index (κ1) is 11.6. The number of benzene rings is 1. The van der Waals surface area contributed by atoms with Crippen LogP contribution < -0.4 is 5.32 Å². The molecule has 3 rings (SSSR count). The Morgan fingerprint density at radius 3 is 2.94 bits per heavy atom. The predicted octanol–water partition coefficient (Wildman–Crippen LogP) is 2.66. The van der Waals surface area contributed by atoms with Gasteiger partial charge in [-0.05, 0) is 56.0 Å². The van der Waals surface area contributed by atoms with Gasteiger partial charge in [0.05, 0.1) is 0 Å². The first-order valence-corrected chi connectivity index (χ1v) is 6.67. The number of fused-ring (bicyclic) bond motifs is 1. The molecule has 1 atom stereocenters. The van der Waals surface area contributed by atoms with Crippen LogP contribution in [0.15, 0.2) is 18.2 Å². The second-order valence-electron chi connectivity index (χ2n) is 5.30. The quantitative estimate of drug-likeness (QED) is 0.809. The summed E-state index contributed by atoms with van der Waals surface area (Å²) in [6.07, 6.45) is 2.47. The van der Waals surface area contributed by atoms with E-state index in [4.69, 9.17) is 0 Å². The fourth-order valence-corrected chi connectivity index (χ4v) is 3.20. The third-order valence-corrected chi connectivity index (χ3v) is 4.23. The van der Waals surface area contributed by atoms with Crippen LogP contribution in [0.1, 0.15) is 30.0 Å². The molecule has 1 aliphatic heterocycles. The SMILES string of the molecule is Cc1c(C2CCCNC2)c2cc(O)ccc2n1C. The average Bonchev–Trinajstić information content (AvgIpc) is 2.63. The van der Waals surface area contributed by atoms with Crippen LogP contribution in [0.5, 0.6) is 5.75 Å². The lowest BCUT2D eigenvalue weighted by molar-refractivity contribution is 0.461. The lowest BCUT2D eigenvalue weighted by Gasteiger charge is -2.23. The second kappa shape index (κ2) is 4.32. The van der Waals surface area contributed by atoms with Crippen LogP contribution in [0.25, 0.3) is 10.9 Å². The number of aromatic hydroxyl groups is 1. The van der Waals surface area contributed by atoms with Crippen LogP contribution in [0.2, 0.25) is 0 Å². The van der Waals surface area contributed by atoms with Gasteiger partial charge in [-0.2, -0.15) is 0 Å². The summed E-state index contributed by atoms with van der Waals surface area (Å²) in [6.45, 7) is 4.36. The first-order chi connectivity index (χ1) is 8.68. The first-order valence-electron chi connectivity index (χ1n) is 6.67. The summed E-state index contributed by atoms with van der Waals surface area (Å²) in [5.41, 5.74) is 3.95. The Morgan fingerprint density at radius 2 is 2.22 bits per heavy atom. The number of nitrogens with one attached hydrogen (secondary N) is 1. The standard InChI is InChI=1S/C15H20N2O/c1-10-15(11-4-3-7-16-9-11)13-8-12(18)5-6-14(13)17(10)2/h5-6,8,11,16,18H,3-4,7,9H2,1-2H3. The van der Waals surface area contributed by atoms with Gasteiger partial charge in [0.1, 0.15) is 5.75 Å². The molecule has 0 amide bonds. The van der Waals surface area contributed by atoms with Crippen molar-refractivity contribution in [3.05, 3.63) is 29.5 Å². The predicted molar refractivity (Wildman–Crippen MR) is 74.2 cm³/mol. The summed E-state index contributed by atoms with van der Waals surface area (Å²) in [5.74, 6) is 0.933. The van der Waals surface area contributed by atoms with Gasteiger partial charge in [0.2, 0.25) is 0 Å². The molecule has 0 spiro atoms. The molecule has 1 aromatic carbocycles. The highest BCUT2D eigenvalue weighted by Gasteiger charge is 2.22. The molecule has 1 fully saturated rings. The lowest BCUT2D eigenvalue weighted by atomic mass is 9.89. The van der Waals surface area contributed by atoms with Crippen molar-refractivity contribution >= 4 is 10.9 Å². The van der Waals surface area contributed by atoms with E-state index in [-0.39, 0.29) is 0 Å². The third-order valence-electron chi connectivity index (χ3n) is 4.23. The molecule has 2 aromatic rings. The molecule has 2 N–H and O–H groups in total. The van der Waals surface area contributed by atoms with Crippen molar-refractivity contribution < 1.29 is 5.11 Å². The van der Waals surface area contributed by atoms with Gasteiger partial charge in [0.25, 0.3) is 0 Å². The van der Waals surface area contributed by atoms with E-state index < -0.39 is 0 Å². The summed E-state index contributed by atoms with van der Waals surface area (Å²) in [6, 6.07) is 5.69. The largest absolute Gasteiger partial charge is 0.508 e. The van der Waals surface area contributed by atoms with Crippen molar-refractivity contribution in [3.8, 4) is 5.75 Å². The van der Waals surface area contributed by atoms with Crippen molar-refractivity contribution in [2.75, 3.05) is 13.1 Å². The van der Waals surface area contributed by atoms with Gasteiger partial charge in [-0.1, -0.05) is 0 Å². The topological polar surface area (TPSA) is 37.2 Å². The number of hydrogen-bond donors (Lipinski definition) is 2. The van der Waals surface area contributed by atoms with E-state index in [1.165, 1.54) is 35.0 Å². The maximum Gasteiger partial charge on any atom is 0.116 e. The molecule has 0 bridgehead atoms. The summed E-state index contributed by atoms with van der Waals surface area (Å²) >= 11 is 0. The molecule has 1 saturated heterocycles. The molecular formula is C15H20N2O. The molecular weight excluding hydrogens is 224 g/mol. The average molecular weight is 244 g/mol. The smallest absolute Gasteiger partial charge is 0.116 e. The molecule has 0 aliphatic carbocycles.